The van der Waals surface area contributed by atoms with Crippen LogP contribution in [-0.2, 0) is 11.8 Å². The molecule has 0 saturated carbocycles. The maximum absolute atomic E-state index is 12.3. The van der Waals surface area contributed by atoms with E-state index in [1.54, 1.807) is 16.5 Å². The molecule has 0 aromatic carbocycles. The molecular weight excluding hydrogens is 270 g/mol. The van der Waals surface area contributed by atoms with E-state index in [9.17, 15) is 9.59 Å². The zero-order chi connectivity index (χ0) is 16.2. The number of aromatic nitrogens is 2. The first-order valence-electron chi connectivity index (χ1n) is 7.17. The van der Waals surface area contributed by atoms with Crippen molar-refractivity contribution in [1.82, 2.24) is 14.5 Å². The van der Waals surface area contributed by atoms with Crippen LogP contribution in [0.15, 0.2) is 6.20 Å². The third-order valence-corrected chi connectivity index (χ3v) is 3.11. The average molecular weight is 295 g/mol. The van der Waals surface area contributed by atoms with Gasteiger partial charge in [-0.15, -0.1) is 0 Å². The minimum absolute atomic E-state index is 0.265. The van der Waals surface area contributed by atoms with Crippen molar-refractivity contribution in [3.05, 3.63) is 17.7 Å². The van der Waals surface area contributed by atoms with E-state index in [1.807, 2.05) is 34.6 Å². The fraction of sp³-hybridized carbons (Fsp3) is 0.667. The fourth-order valence-electron chi connectivity index (χ4n) is 2.08. The van der Waals surface area contributed by atoms with Gasteiger partial charge >= 0.3 is 6.09 Å². The van der Waals surface area contributed by atoms with Gasteiger partial charge in [-0.1, -0.05) is 6.92 Å². The Labute approximate surface area is 126 Å². The molecule has 0 bridgehead atoms. The Balaban J connectivity index is 3.01. The highest BCUT2D eigenvalue weighted by Crippen LogP contribution is 2.22. The quantitative estimate of drug-likeness (QED) is 0.783. The molecule has 0 spiro atoms. The zero-order valence-corrected chi connectivity index (χ0v) is 13.7. The number of nitrogens with zero attached hydrogens (tertiary/aromatic N) is 3. The maximum atomic E-state index is 12.3. The molecule has 1 amide bonds. The van der Waals surface area contributed by atoms with Gasteiger partial charge in [-0.25, -0.2) is 9.78 Å². The van der Waals surface area contributed by atoms with Gasteiger partial charge in [-0.3, -0.25) is 9.69 Å². The van der Waals surface area contributed by atoms with Gasteiger partial charge in [0, 0.05) is 13.6 Å². The van der Waals surface area contributed by atoms with Crippen LogP contribution in [0.4, 0.5) is 4.79 Å². The van der Waals surface area contributed by atoms with E-state index < -0.39 is 5.60 Å². The van der Waals surface area contributed by atoms with E-state index in [4.69, 9.17) is 4.74 Å². The monoisotopic (exact) mass is 295 g/mol. The van der Waals surface area contributed by atoms with Gasteiger partial charge in [-0.2, -0.15) is 0 Å². The highest BCUT2D eigenvalue weighted by Gasteiger charge is 2.28. The molecule has 1 aromatic heterocycles. The van der Waals surface area contributed by atoms with Crippen molar-refractivity contribution in [1.29, 1.82) is 0 Å². The van der Waals surface area contributed by atoms with Crippen molar-refractivity contribution in [2.75, 3.05) is 6.54 Å². The Morgan fingerprint density at radius 3 is 2.57 bits per heavy atom. The number of aldehydes is 1. The first-order valence-corrected chi connectivity index (χ1v) is 7.17. The second-order valence-electron chi connectivity index (χ2n) is 6.07. The van der Waals surface area contributed by atoms with Gasteiger partial charge < -0.3 is 9.30 Å². The third-order valence-electron chi connectivity index (χ3n) is 3.11. The first-order chi connectivity index (χ1) is 9.71. The molecule has 0 aliphatic rings. The fourth-order valence-corrected chi connectivity index (χ4v) is 2.08. The van der Waals surface area contributed by atoms with Crippen molar-refractivity contribution in [3.8, 4) is 0 Å². The Morgan fingerprint density at radius 2 is 2.14 bits per heavy atom. The molecule has 0 aliphatic heterocycles. The van der Waals surface area contributed by atoms with Crippen molar-refractivity contribution in [2.45, 2.75) is 52.7 Å². The number of rotatable bonds is 5. The zero-order valence-electron chi connectivity index (χ0n) is 13.7. The second kappa shape index (κ2) is 6.74. The van der Waals surface area contributed by atoms with Crippen LogP contribution in [0.1, 0.15) is 63.4 Å². The summed E-state index contributed by atoms with van der Waals surface area (Å²) in [5.74, 6) is 0.663. The Morgan fingerprint density at radius 1 is 1.52 bits per heavy atom. The van der Waals surface area contributed by atoms with Crippen LogP contribution in [0.3, 0.4) is 0 Å². The van der Waals surface area contributed by atoms with E-state index in [0.717, 1.165) is 12.7 Å². The summed E-state index contributed by atoms with van der Waals surface area (Å²) in [7, 11) is 1.77. The van der Waals surface area contributed by atoms with Crippen molar-refractivity contribution in [2.24, 2.45) is 7.05 Å². The van der Waals surface area contributed by atoms with Crippen LogP contribution in [-0.4, -0.2) is 39.0 Å². The Hall–Kier alpha value is -1.85. The standard InChI is InChI=1S/C15H25N3O3/c1-7-8-18(14(20)21-15(3,4)5)11(2)13-16-9-12(10-19)17(13)6/h9-11H,7-8H2,1-6H3. The molecule has 0 saturated heterocycles. The first kappa shape index (κ1) is 17.2. The molecule has 0 radical (unpaired) electrons. The molecular formula is C15H25N3O3. The number of hydrogen-bond donors (Lipinski definition) is 0. The number of imidazole rings is 1. The molecule has 6 nitrogen and oxygen atoms in total. The predicted octanol–water partition coefficient (Wildman–Crippen LogP) is 2.94. The van der Waals surface area contributed by atoms with Gasteiger partial charge in [0.2, 0.25) is 0 Å². The lowest BCUT2D eigenvalue weighted by Gasteiger charge is -2.31. The van der Waals surface area contributed by atoms with Gasteiger partial charge in [0.25, 0.3) is 0 Å². The summed E-state index contributed by atoms with van der Waals surface area (Å²) in [4.78, 5) is 29.2. The Kier molecular flexibility index (Phi) is 5.52. The van der Waals surface area contributed by atoms with Crippen molar-refractivity contribution < 1.29 is 14.3 Å². The molecule has 6 heteroatoms. The number of ether oxygens (including phenoxy) is 1. The van der Waals surface area contributed by atoms with E-state index >= 15 is 0 Å². The molecule has 1 aromatic rings. The summed E-state index contributed by atoms with van der Waals surface area (Å²) in [6.45, 7) is 9.97. The highest BCUT2D eigenvalue weighted by molar-refractivity contribution is 5.72. The minimum Gasteiger partial charge on any atom is -0.444 e. The van der Waals surface area contributed by atoms with E-state index in [0.29, 0.717) is 18.1 Å². The minimum atomic E-state index is -0.543. The average Bonchev–Trinajstić information content (AvgIpc) is 2.74. The molecule has 1 atom stereocenters. The molecule has 0 N–H and O–H groups in total. The van der Waals surface area contributed by atoms with Crippen LogP contribution < -0.4 is 0 Å². The maximum Gasteiger partial charge on any atom is 0.410 e. The van der Waals surface area contributed by atoms with Gasteiger partial charge in [0.1, 0.15) is 17.1 Å². The molecule has 1 heterocycles. The topological polar surface area (TPSA) is 64.4 Å². The summed E-state index contributed by atoms with van der Waals surface area (Å²) in [6.07, 6.45) is 2.71. The summed E-state index contributed by atoms with van der Waals surface area (Å²) >= 11 is 0. The van der Waals surface area contributed by atoms with Crippen LogP contribution >= 0.6 is 0 Å². The van der Waals surface area contributed by atoms with Gasteiger partial charge in [0.15, 0.2) is 6.29 Å². The lowest BCUT2D eigenvalue weighted by Crippen LogP contribution is -2.39. The van der Waals surface area contributed by atoms with Gasteiger partial charge in [0.05, 0.1) is 12.2 Å². The van der Waals surface area contributed by atoms with Crippen molar-refractivity contribution >= 4 is 12.4 Å². The molecule has 0 aliphatic carbocycles. The number of amides is 1. The van der Waals surface area contributed by atoms with Crippen LogP contribution in [0, 0.1) is 0 Å². The molecule has 1 rings (SSSR count). The normalized spacial score (nSPS) is 12.9. The molecule has 1 unspecified atom stereocenters. The number of hydrogen-bond acceptors (Lipinski definition) is 4. The highest BCUT2D eigenvalue weighted by atomic mass is 16.6. The molecule has 118 valence electrons. The summed E-state index contributed by atoms with van der Waals surface area (Å²) in [6, 6.07) is -0.265. The Bertz CT molecular complexity index is 503. The number of carbonyl (C=O) groups excluding carboxylic acids is 2. The molecule has 21 heavy (non-hydrogen) atoms. The largest absolute Gasteiger partial charge is 0.444 e. The van der Waals surface area contributed by atoms with E-state index in [-0.39, 0.29) is 12.1 Å². The third kappa shape index (κ3) is 4.31. The summed E-state index contributed by atoms with van der Waals surface area (Å²) in [5, 5.41) is 0. The SMILES string of the molecule is CCCN(C(=O)OC(C)(C)C)C(C)c1ncc(C=O)n1C. The summed E-state index contributed by atoms with van der Waals surface area (Å²) < 4.78 is 7.15. The van der Waals surface area contributed by atoms with Crippen LogP contribution in [0.25, 0.3) is 0 Å². The second-order valence-corrected chi connectivity index (χ2v) is 6.07. The van der Waals surface area contributed by atoms with Gasteiger partial charge in [-0.05, 0) is 34.1 Å². The smallest absolute Gasteiger partial charge is 0.410 e. The predicted molar refractivity (Wildman–Crippen MR) is 80.2 cm³/mol. The van der Waals surface area contributed by atoms with E-state index in [2.05, 4.69) is 4.98 Å². The van der Waals surface area contributed by atoms with Crippen LogP contribution in [0.2, 0.25) is 0 Å². The lowest BCUT2D eigenvalue weighted by molar-refractivity contribution is 0.0164. The van der Waals surface area contributed by atoms with E-state index in [1.165, 1.54) is 6.20 Å². The molecule has 0 fully saturated rings. The number of carbonyl (C=O) groups is 2. The van der Waals surface area contributed by atoms with Crippen LogP contribution in [0.5, 0.6) is 0 Å². The lowest BCUT2D eigenvalue weighted by atomic mass is 10.2. The van der Waals surface area contributed by atoms with Crippen molar-refractivity contribution in [3.63, 3.8) is 0 Å². The summed E-state index contributed by atoms with van der Waals surface area (Å²) in [5.41, 5.74) is -0.0595.